The molecule has 0 fully saturated rings. The summed E-state index contributed by atoms with van der Waals surface area (Å²) in [5, 5.41) is -4.01. The van der Waals surface area contributed by atoms with Gasteiger partial charge >= 0.3 is 27.5 Å². The normalized spacial score (nSPS) is 13.2. The number of hydrogen-bond donors (Lipinski definition) is 2. The van der Waals surface area contributed by atoms with E-state index in [4.69, 9.17) is 4.55 Å². The maximum Gasteiger partial charge on any atom is 0.432 e. The van der Waals surface area contributed by atoms with Gasteiger partial charge in [-0.2, -0.15) is 30.4 Å². The molecule has 0 saturated heterocycles. The lowest BCUT2D eigenvalue weighted by Crippen LogP contribution is -2.52. The number of alkyl halides is 5. The number of ether oxygens (including phenoxy) is 1. The summed E-state index contributed by atoms with van der Waals surface area (Å²) in [7, 11) is -6.65. The predicted molar refractivity (Wildman–Crippen MR) is 135 cm³/mol. The fraction of sp³-hybridized carbons (Fsp3) is 0.167. The van der Waals surface area contributed by atoms with Crippen LogP contribution >= 0.6 is 67.8 Å². The lowest BCUT2D eigenvalue weighted by Gasteiger charge is -2.26. The Kier molecular flexibility index (Phi) is 9.48. The number of halogens is 8. The maximum atomic E-state index is 13.7. The molecule has 17 heteroatoms. The molecule has 8 nitrogen and oxygen atoms in total. The third-order valence-corrected chi connectivity index (χ3v) is 8.60. The van der Waals surface area contributed by atoms with Crippen molar-refractivity contribution in [3.8, 4) is 0 Å². The van der Waals surface area contributed by atoms with Crippen LogP contribution in [-0.4, -0.2) is 48.3 Å². The molecule has 1 unspecified atom stereocenters. The Bertz CT molecular complexity index is 1300. The van der Waals surface area contributed by atoms with E-state index < -0.39 is 56.6 Å². The van der Waals surface area contributed by atoms with Gasteiger partial charge < -0.3 is 4.74 Å². The summed E-state index contributed by atoms with van der Waals surface area (Å²) in [5.41, 5.74) is -1.64. The zero-order chi connectivity index (χ0) is 26.9. The van der Waals surface area contributed by atoms with Gasteiger partial charge in [0, 0.05) is 10.7 Å². The number of esters is 1. The minimum Gasteiger partial charge on any atom is -0.441 e. The molecule has 0 heterocycles. The molecule has 0 saturated carbocycles. The molecule has 0 aliphatic carbocycles. The number of nitrogens with one attached hydrogen (secondary N) is 1. The van der Waals surface area contributed by atoms with Crippen LogP contribution in [0.15, 0.2) is 36.4 Å². The van der Waals surface area contributed by atoms with Crippen LogP contribution in [0.5, 0.6) is 0 Å². The second kappa shape index (κ2) is 11.0. The van der Waals surface area contributed by atoms with Crippen LogP contribution in [0.1, 0.15) is 31.1 Å². The molecule has 2 rings (SSSR count). The number of imide groups is 1. The van der Waals surface area contributed by atoms with E-state index in [1.165, 1.54) is 6.07 Å². The number of hydrogen-bond acceptors (Lipinski definition) is 6. The Morgan fingerprint density at radius 2 is 1.43 bits per heavy atom. The SMILES string of the molecule is O=C(NC(=O)c1cc(I)cc(I)c1I)c1ccccc1C(=O)OC(C(F)(F)F)C(F)(F)S(=O)(=O)O. The second-order valence-electron chi connectivity index (χ2n) is 6.44. The number of carbonyl (C=O) groups excluding carboxylic acids is 3. The Hall–Kier alpha value is -1.20. The summed E-state index contributed by atoms with van der Waals surface area (Å²) >= 11 is 5.71. The van der Waals surface area contributed by atoms with Gasteiger partial charge in [0.05, 0.1) is 16.7 Å². The fourth-order valence-electron chi connectivity index (χ4n) is 2.45. The van der Waals surface area contributed by atoms with Gasteiger partial charge in [0.25, 0.3) is 17.9 Å². The topological polar surface area (TPSA) is 127 Å². The first-order chi connectivity index (χ1) is 15.9. The largest absolute Gasteiger partial charge is 0.441 e. The highest BCUT2D eigenvalue weighted by Crippen LogP contribution is 2.38. The Labute approximate surface area is 234 Å². The highest BCUT2D eigenvalue weighted by atomic mass is 127. The van der Waals surface area contributed by atoms with E-state index >= 15 is 0 Å². The van der Waals surface area contributed by atoms with Gasteiger partial charge in [0.2, 0.25) is 0 Å². The van der Waals surface area contributed by atoms with Crippen molar-refractivity contribution in [3.63, 3.8) is 0 Å². The van der Waals surface area contributed by atoms with Gasteiger partial charge in [0.15, 0.2) is 0 Å². The average molecular weight is 859 g/mol. The highest BCUT2D eigenvalue weighted by molar-refractivity contribution is 14.1. The van der Waals surface area contributed by atoms with Crippen molar-refractivity contribution in [2.45, 2.75) is 17.5 Å². The third-order valence-electron chi connectivity index (χ3n) is 4.03. The summed E-state index contributed by atoms with van der Waals surface area (Å²) in [5.74, 6) is -4.37. The fourth-order valence-corrected chi connectivity index (χ4v) is 5.30. The smallest absolute Gasteiger partial charge is 0.432 e. The lowest BCUT2D eigenvalue weighted by molar-refractivity contribution is -0.248. The zero-order valence-corrected chi connectivity index (χ0v) is 23.7. The van der Waals surface area contributed by atoms with Gasteiger partial charge in [-0.25, -0.2) is 4.79 Å². The van der Waals surface area contributed by atoms with E-state index in [1.54, 1.807) is 6.07 Å². The minimum absolute atomic E-state index is 0.0697. The van der Waals surface area contributed by atoms with E-state index in [0.29, 0.717) is 10.7 Å². The van der Waals surface area contributed by atoms with Gasteiger partial charge in [0.1, 0.15) is 0 Å². The molecule has 190 valence electrons. The Balaban J connectivity index is 2.40. The molecule has 2 N–H and O–H groups in total. The van der Waals surface area contributed by atoms with Gasteiger partial charge in [-0.05, 0) is 92.0 Å². The van der Waals surface area contributed by atoms with Crippen molar-refractivity contribution in [1.29, 1.82) is 0 Å². The summed E-state index contributed by atoms with van der Waals surface area (Å²) < 4.78 is 102. The van der Waals surface area contributed by atoms with Gasteiger partial charge in [-0.1, -0.05) is 12.1 Å². The Morgan fingerprint density at radius 3 is 1.94 bits per heavy atom. The Morgan fingerprint density at radius 1 is 0.914 bits per heavy atom. The number of benzene rings is 2. The van der Waals surface area contributed by atoms with Crippen molar-refractivity contribution in [2.24, 2.45) is 0 Å². The molecule has 0 aliphatic heterocycles. The van der Waals surface area contributed by atoms with Crippen LogP contribution in [0.2, 0.25) is 0 Å². The van der Waals surface area contributed by atoms with Crippen LogP contribution in [0, 0.1) is 10.7 Å². The molecule has 0 aliphatic rings. The first kappa shape index (κ1) is 30.0. The summed E-state index contributed by atoms with van der Waals surface area (Å²) in [4.78, 5) is 37.5. The van der Waals surface area contributed by atoms with Crippen LogP contribution < -0.4 is 5.32 Å². The molecule has 2 amide bonds. The molecular formula is C18H9F5I3NO7S. The molecule has 2 aromatic carbocycles. The average Bonchev–Trinajstić information content (AvgIpc) is 2.72. The first-order valence-corrected chi connectivity index (χ1v) is 13.3. The van der Waals surface area contributed by atoms with E-state index in [9.17, 15) is 44.8 Å². The van der Waals surface area contributed by atoms with Gasteiger partial charge in [-0.15, -0.1) is 0 Å². The van der Waals surface area contributed by atoms with Crippen molar-refractivity contribution in [1.82, 2.24) is 5.32 Å². The number of rotatable bonds is 6. The standard InChI is InChI=1S/C18H9F5I3NO7S/c19-17(20,21)16(18(22,23)35(31,32)33)34-15(30)9-4-2-1-3-8(9)13(28)27-14(29)10-5-7(24)6-11(25)12(10)26/h1-6,16H,(H,27,28,29)(H,31,32,33). The molecule has 1 atom stereocenters. The quantitative estimate of drug-likeness (QED) is 0.108. The summed E-state index contributed by atoms with van der Waals surface area (Å²) in [6, 6.07) is 7.02. The second-order valence-corrected chi connectivity index (χ2v) is 11.4. The lowest BCUT2D eigenvalue weighted by atomic mass is 10.1. The molecule has 0 aromatic heterocycles. The van der Waals surface area contributed by atoms with Crippen molar-refractivity contribution in [2.75, 3.05) is 0 Å². The first-order valence-electron chi connectivity index (χ1n) is 8.59. The molecule has 2 aromatic rings. The summed E-state index contributed by atoms with van der Waals surface area (Å²) in [6.45, 7) is 0. The van der Waals surface area contributed by atoms with Crippen LogP contribution in [0.3, 0.4) is 0 Å². The minimum atomic E-state index is -6.65. The van der Waals surface area contributed by atoms with Crippen LogP contribution in [-0.2, 0) is 14.9 Å². The van der Waals surface area contributed by atoms with Crippen molar-refractivity contribution in [3.05, 3.63) is 63.8 Å². The van der Waals surface area contributed by atoms with E-state index in [2.05, 4.69) is 4.74 Å². The number of carbonyl (C=O) groups is 3. The monoisotopic (exact) mass is 859 g/mol. The van der Waals surface area contributed by atoms with Crippen LogP contribution in [0.25, 0.3) is 0 Å². The van der Waals surface area contributed by atoms with Gasteiger partial charge in [-0.3, -0.25) is 19.5 Å². The van der Waals surface area contributed by atoms with E-state index in [1.807, 2.05) is 73.1 Å². The summed E-state index contributed by atoms with van der Waals surface area (Å²) in [6.07, 6.45) is -10.7. The predicted octanol–water partition coefficient (Wildman–Crippen LogP) is 4.64. The molecular weight excluding hydrogens is 850 g/mol. The van der Waals surface area contributed by atoms with Crippen molar-refractivity contribution >= 4 is 95.7 Å². The van der Waals surface area contributed by atoms with Crippen molar-refractivity contribution < 1.29 is 54.0 Å². The number of amides is 2. The molecule has 0 radical (unpaired) electrons. The van der Waals surface area contributed by atoms with Crippen LogP contribution in [0.4, 0.5) is 22.0 Å². The molecule has 0 bridgehead atoms. The van der Waals surface area contributed by atoms with E-state index in [-0.39, 0.29) is 5.56 Å². The molecule has 35 heavy (non-hydrogen) atoms. The molecule has 0 spiro atoms. The maximum absolute atomic E-state index is 13.7. The van der Waals surface area contributed by atoms with E-state index in [0.717, 1.165) is 24.3 Å². The third kappa shape index (κ3) is 6.97. The highest BCUT2D eigenvalue weighted by Gasteiger charge is 2.66. The zero-order valence-electron chi connectivity index (χ0n) is 16.4.